The quantitative estimate of drug-likeness (QED) is 0.619. The molecule has 20 heavy (non-hydrogen) atoms. The third-order valence-electron chi connectivity index (χ3n) is 2.92. The van der Waals surface area contributed by atoms with Gasteiger partial charge in [0.05, 0.1) is 6.42 Å². The zero-order valence-corrected chi connectivity index (χ0v) is 12.3. The molecule has 0 saturated heterocycles. The van der Waals surface area contributed by atoms with E-state index in [0.717, 1.165) is 17.7 Å². The van der Waals surface area contributed by atoms with Gasteiger partial charge in [0.2, 0.25) is 0 Å². The summed E-state index contributed by atoms with van der Waals surface area (Å²) in [6.07, 6.45) is 1.66. The zero-order chi connectivity index (χ0) is 14.4. The normalized spacial score (nSPS) is 15.4. The van der Waals surface area contributed by atoms with Crippen LogP contribution in [0.2, 0.25) is 0 Å². The Morgan fingerprint density at radius 2 is 2.05 bits per heavy atom. The first-order valence-electron chi connectivity index (χ1n) is 6.83. The predicted molar refractivity (Wildman–Crippen MR) is 78.5 cm³/mol. The van der Waals surface area contributed by atoms with Crippen LogP contribution < -0.4 is 5.32 Å². The molecule has 1 aromatic carbocycles. The van der Waals surface area contributed by atoms with Gasteiger partial charge in [0, 0.05) is 16.7 Å². The summed E-state index contributed by atoms with van der Waals surface area (Å²) in [4.78, 5) is 24.4. The Hall–Kier alpha value is -1.49. The highest BCUT2D eigenvalue weighted by Gasteiger charge is 2.26. The summed E-state index contributed by atoms with van der Waals surface area (Å²) >= 11 is 1.60. The van der Waals surface area contributed by atoms with Crippen LogP contribution in [0.5, 0.6) is 0 Å². The van der Waals surface area contributed by atoms with Crippen molar-refractivity contribution < 1.29 is 14.3 Å². The molecule has 2 rings (SSSR count). The van der Waals surface area contributed by atoms with Gasteiger partial charge in [0.15, 0.2) is 6.10 Å². The second-order valence-corrected chi connectivity index (χ2v) is 5.99. The molecule has 1 saturated carbocycles. The van der Waals surface area contributed by atoms with E-state index in [1.807, 2.05) is 30.3 Å². The summed E-state index contributed by atoms with van der Waals surface area (Å²) in [5.41, 5.74) is 0. The minimum Gasteiger partial charge on any atom is -0.453 e. The molecule has 0 unspecified atom stereocenters. The minimum absolute atomic E-state index is 0.198. The first kappa shape index (κ1) is 14.9. The van der Waals surface area contributed by atoms with Crippen molar-refractivity contribution >= 4 is 23.6 Å². The van der Waals surface area contributed by atoms with Gasteiger partial charge in [-0.1, -0.05) is 18.2 Å². The fourth-order valence-electron chi connectivity index (χ4n) is 1.62. The molecular formula is C15H19NO3S. The van der Waals surface area contributed by atoms with E-state index in [9.17, 15) is 9.59 Å². The Bertz CT molecular complexity index is 459. The topological polar surface area (TPSA) is 55.4 Å². The Balaban J connectivity index is 1.63. The van der Waals surface area contributed by atoms with Gasteiger partial charge in [0.1, 0.15) is 0 Å². The third kappa shape index (κ3) is 5.25. The number of nitrogens with one attached hydrogen (secondary N) is 1. The minimum atomic E-state index is -0.704. The summed E-state index contributed by atoms with van der Waals surface area (Å²) in [7, 11) is 0. The van der Waals surface area contributed by atoms with Crippen LogP contribution >= 0.6 is 11.8 Å². The summed E-state index contributed by atoms with van der Waals surface area (Å²) < 4.78 is 5.11. The average molecular weight is 293 g/mol. The van der Waals surface area contributed by atoms with Crippen LogP contribution in [0.4, 0.5) is 0 Å². The number of carbonyl (C=O) groups excluding carboxylic acids is 2. The van der Waals surface area contributed by atoms with Gasteiger partial charge in [-0.15, -0.1) is 11.8 Å². The van der Waals surface area contributed by atoms with Crippen molar-refractivity contribution in [1.82, 2.24) is 5.32 Å². The highest BCUT2D eigenvalue weighted by atomic mass is 32.2. The maximum Gasteiger partial charge on any atom is 0.307 e. The predicted octanol–water partition coefficient (Wildman–Crippen LogP) is 2.38. The molecule has 5 heteroatoms. The van der Waals surface area contributed by atoms with E-state index in [1.54, 1.807) is 18.7 Å². The Labute approximate surface area is 123 Å². The highest BCUT2D eigenvalue weighted by Crippen LogP contribution is 2.19. The maximum atomic E-state index is 11.6. The molecule has 108 valence electrons. The van der Waals surface area contributed by atoms with Gasteiger partial charge >= 0.3 is 5.97 Å². The molecule has 0 aliphatic heterocycles. The van der Waals surface area contributed by atoms with E-state index in [2.05, 4.69) is 5.32 Å². The van der Waals surface area contributed by atoms with Crippen molar-refractivity contribution in [1.29, 1.82) is 0 Å². The number of amides is 1. The van der Waals surface area contributed by atoms with E-state index in [-0.39, 0.29) is 17.9 Å². The summed E-state index contributed by atoms with van der Waals surface area (Å²) in [6, 6.07) is 10.2. The van der Waals surface area contributed by atoms with Crippen LogP contribution in [-0.4, -0.2) is 29.8 Å². The van der Waals surface area contributed by atoms with Crippen molar-refractivity contribution in [2.24, 2.45) is 0 Å². The van der Waals surface area contributed by atoms with Crippen LogP contribution in [0.1, 0.15) is 26.2 Å². The summed E-state index contributed by atoms with van der Waals surface area (Å²) in [5.74, 6) is 0.128. The molecule has 0 aromatic heterocycles. The molecule has 1 amide bonds. The number of thioether (sulfide) groups is 1. The van der Waals surface area contributed by atoms with Crippen LogP contribution in [0, 0.1) is 0 Å². The first-order chi connectivity index (χ1) is 9.65. The molecule has 1 N–H and O–H groups in total. The number of hydrogen-bond donors (Lipinski definition) is 1. The monoisotopic (exact) mass is 293 g/mol. The van der Waals surface area contributed by atoms with Crippen molar-refractivity contribution in [2.75, 3.05) is 5.75 Å². The smallest absolute Gasteiger partial charge is 0.307 e. The molecular weight excluding hydrogens is 274 g/mol. The van der Waals surface area contributed by atoms with E-state index in [0.29, 0.717) is 12.2 Å². The second kappa shape index (κ2) is 7.33. The largest absolute Gasteiger partial charge is 0.453 e. The van der Waals surface area contributed by atoms with E-state index in [4.69, 9.17) is 4.74 Å². The van der Waals surface area contributed by atoms with E-state index in [1.165, 1.54) is 0 Å². The fraction of sp³-hybridized carbons (Fsp3) is 0.467. The lowest BCUT2D eigenvalue weighted by atomic mass is 10.3. The lowest BCUT2D eigenvalue weighted by Crippen LogP contribution is -2.37. The molecule has 1 aromatic rings. The highest BCUT2D eigenvalue weighted by molar-refractivity contribution is 7.99. The molecule has 0 heterocycles. The molecule has 0 spiro atoms. The first-order valence-corrected chi connectivity index (χ1v) is 7.81. The summed E-state index contributed by atoms with van der Waals surface area (Å²) in [5, 5.41) is 2.82. The fourth-order valence-corrected chi connectivity index (χ4v) is 2.48. The van der Waals surface area contributed by atoms with Crippen LogP contribution in [-0.2, 0) is 14.3 Å². The standard InChI is InChI=1S/C15H19NO3S/c1-11(15(18)16-12-7-8-12)19-14(17)9-10-20-13-5-3-2-4-6-13/h2-6,11-12H,7-10H2,1H3,(H,16,18)/t11-/m0/s1. The Morgan fingerprint density at radius 3 is 2.70 bits per heavy atom. The second-order valence-electron chi connectivity index (χ2n) is 4.83. The van der Waals surface area contributed by atoms with Crippen molar-refractivity contribution in [2.45, 2.75) is 43.2 Å². The van der Waals surface area contributed by atoms with Crippen LogP contribution in [0.15, 0.2) is 35.2 Å². The number of carbonyl (C=O) groups is 2. The lowest BCUT2D eigenvalue weighted by molar-refractivity contribution is -0.154. The maximum absolute atomic E-state index is 11.6. The molecule has 0 bridgehead atoms. The summed E-state index contributed by atoms with van der Waals surface area (Å²) in [6.45, 7) is 1.61. The molecule has 4 nitrogen and oxygen atoms in total. The van der Waals surface area contributed by atoms with Gasteiger partial charge in [-0.3, -0.25) is 9.59 Å². The van der Waals surface area contributed by atoms with E-state index >= 15 is 0 Å². The number of hydrogen-bond acceptors (Lipinski definition) is 4. The number of esters is 1. The zero-order valence-electron chi connectivity index (χ0n) is 11.5. The Morgan fingerprint density at radius 1 is 1.35 bits per heavy atom. The molecule has 1 atom stereocenters. The van der Waals surface area contributed by atoms with Crippen LogP contribution in [0.25, 0.3) is 0 Å². The number of ether oxygens (including phenoxy) is 1. The Kier molecular flexibility index (Phi) is 5.47. The number of rotatable bonds is 7. The number of benzene rings is 1. The molecule has 0 radical (unpaired) electrons. The van der Waals surface area contributed by atoms with Crippen molar-refractivity contribution in [3.63, 3.8) is 0 Å². The average Bonchev–Trinajstić information content (AvgIpc) is 3.23. The SMILES string of the molecule is C[C@H](OC(=O)CCSc1ccccc1)C(=O)NC1CC1. The van der Waals surface area contributed by atoms with Gasteiger partial charge in [-0.2, -0.15) is 0 Å². The molecule has 1 aliphatic carbocycles. The molecule has 1 fully saturated rings. The molecule has 1 aliphatic rings. The van der Waals surface area contributed by atoms with Gasteiger partial charge < -0.3 is 10.1 Å². The van der Waals surface area contributed by atoms with Gasteiger partial charge in [-0.25, -0.2) is 0 Å². The van der Waals surface area contributed by atoms with Crippen molar-refractivity contribution in [3.05, 3.63) is 30.3 Å². The van der Waals surface area contributed by atoms with Crippen LogP contribution in [0.3, 0.4) is 0 Å². The van der Waals surface area contributed by atoms with Crippen molar-refractivity contribution in [3.8, 4) is 0 Å². The van der Waals surface area contributed by atoms with E-state index < -0.39 is 6.10 Å². The van der Waals surface area contributed by atoms with Gasteiger partial charge in [0.25, 0.3) is 5.91 Å². The lowest BCUT2D eigenvalue weighted by Gasteiger charge is -2.13. The van der Waals surface area contributed by atoms with Gasteiger partial charge in [-0.05, 0) is 31.9 Å². The third-order valence-corrected chi connectivity index (χ3v) is 3.93.